The lowest BCUT2D eigenvalue weighted by atomic mass is 9.77. The van der Waals surface area contributed by atoms with E-state index in [0.717, 1.165) is 25.7 Å². The van der Waals surface area contributed by atoms with Gasteiger partial charge in [-0.1, -0.05) is 75.4 Å². The molecule has 3 aromatic rings. The number of unbranched alkanes of at least 4 members (excludes halogenated alkanes) is 1. The van der Waals surface area contributed by atoms with Crippen molar-refractivity contribution in [1.29, 1.82) is 0 Å². The maximum atomic E-state index is 14.8. The van der Waals surface area contributed by atoms with Crippen LogP contribution in [0.25, 0.3) is 0 Å². The number of amides is 1. The van der Waals surface area contributed by atoms with Crippen molar-refractivity contribution in [1.82, 2.24) is 14.7 Å². The first-order valence-electron chi connectivity index (χ1n) is 29.3. The highest BCUT2D eigenvalue weighted by molar-refractivity contribution is 7.95. The molecule has 6 rings (SSSR count). The van der Waals surface area contributed by atoms with Crippen molar-refractivity contribution in [2.75, 3.05) is 54.0 Å². The van der Waals surface area contributed by atoms with Crippen LogP contribution < -0.4 is 15.9 Å². The Kier molecular flexibility index (Phi) is 23.3. The number of benzene rings is 3. The standard InChI is InChI=1S/C63H99N3O13P/c1-15-51-63(10,73)56(69)45(6)66(52(67)33-25-26-34-65(13)35-36-80(47-27-19-16-20-28-47,48-29-21-17-22-30-48)49-31-23-18-24-32-49)40-41(2)38-61(8,72)58(79-60-54(68)50(64(11)12)37-42(3)75-60)43(4)55(44(5)59(71)77-51)78-53-39-62(9,74-14)57(70)46(7)76-53/h16-24,27-32,41-46,50-51,53-58,60,68-70,72-73H,15,25-26,33-40H2,1-14H3/q+1/t41-,42-,43+,44-,45-,46+,50+,51-,53+,54-,55+,56-,57+,58-,60+,61-,62-,63-/m1/s1. The second kappa shape index (κ2) is 28.4. The molecule has 448 valence electrons. The van der Waals surface area contributed by atoms with Crippen molar-refractivity contribution in [2.45, 2.75) is 204 Å². The summed E-state index contributed by atoms with van der Waals surface area (Å²) in [6, 6.07) is 31.2. The Morgan fingerprint density at radius 3 is 1.86 bits per heavy atom. The Morgan fingerprint density at radius 1 is 0.775 bits per heavy atom. The van der Waals surface area contributed by atoms with Crippen molar-refractivity contribution in [2.24, 2.45) is 17.8 Å². The first kappa shape index (κ1) is 65.7. The third kappa shape index (κ3) is 15.3. The summed E-state index contributed by atoms with van der Waals surface area (Å²) >= 11 is 0. The van der Waals surface area contributed by atoms with E-state index < -0.39 is 109 Å². The van der Waals surface area contributed by atoms with E-state index in [1.54, 1.807) is 53.4 Å². The highest BCUT2D eigenvalue weighted by atomic mass is 31.2. The molecule has 0 unspecified atom stereocenters. The summed E-state index contributed by atoms with van der Waals surface area (Å²) in [5.74, 6) is -3.37. The number of esters is 1. The minimum absolute atomic E-state index is 0.0540. The monoisotopic (exact) mass is 1140 g/mol. The summed E-state index contributed by atoms with van der Waals surface area (Å²) in [5.41, 5.74) is -4.85. The molecule has 5 N–H and O–H groups in total. The van der Waals surface area contributed by atoms with E-state index in [0.29, 0.717) is 12.8 Å². The maximum absolute atomic E-state index is 14.8. The number of rotatable bonds is 18. The number of hydrogen-bond donors (Lipinski definition) is 5. The molecule has 0 bridgehead atoms. The molecule has 0 saturated carbocycles. The average molecular weight is 1140 g/mol. The molecular formula is C63H99N3O13P+. The molecule has 0 spiro atoms. The Labute approximate surface area is 478 Å². The molecule has 1 amide bonds. The molecule has 80 heavy (non-hydrogen) atoms. The highest BCUT2D eigenvalue weighted by Gasteiger charge is 2.53. The minimum Gasteiger partial charge on any atom is -0.459 e. The first-order chi connectivity index (χ1) is 37.7. The number of hydrogen-bond acceptors (Lipinski definition) is 15. The molecule has 0 radical (unpaired) electrons. The Hall–Kier alpha value is -3.45. The summed E-state index contributed by atoms with van der Waals surface area (Å²) in [7, 11) is 5.34. The number of carbonyl (C=O) groups is 2. The van der Waals surface area contributed by atoms with Gasteiger partial charge in [0.15, 0.2) is 12.6 Å². The number of ether oxygens (including phenoxy) is 6. The van der Waals surface area contributed by atoms with Gasteiger partial charge >= 0.3 is 5.97 Å². The number of aliphatic hydroxyl groups excluding tert-OH is 3. The fourth-order valence-corrected chi connectivity index (χ4v) is 17.3. The number of carbonyl (C=O) groups excluding carboxylic acids is 2. The Bertz CT molecular complexity index is 2270. The number of likely N-dealkylation sites (N-methyl/N-ethyl adjacent to an activating group) is 1. The average Bonchev–Trinajstić information content (AvgIpc) is 3.46. The number of cyclic esters (lactones) is 1. The zero-order valence-corrected chi connectivity index (χ0v) is 51.3. The van der Waals surface area contributed by atoms with Crippen LogP contribution in [0.15, 0.2) is 91.0 Å². The molecule has 0 aliphatic carbocycles. The molecule has 17 heteroatoms. The SMILES string of the molecule is CC[C@H]1OC(=O)[C@H](C)[C@@H](O[C@H]2C[C@@](C)(OC)[C@@H](O)[C@H](C)O2)[C@H](C)[C@@H](O[C@@H]2O[C@H](C)C[C@H](N(C)C)[C@H]2O)[C@](C)(O)C[C@@H](C)CN(C(=O)CCCCN(C)CC[P+](c2ccccc2)(c2ccccc2)c2ccccc2)[C@H](C)[C@@H](O)[C@]1(C)O. The largest absolute Gasteiger partial charge is 0.459 e. The van der Waals surface area contributed by atoms with Gasteiger partial charge in [0.25, 0.3) is 0 Å². The number of aliphatic hydroxyl groups is 5. The van der Waals surface area contributed by atoms with E-state index >= 15 is 0 Å². The third-order valence-corrected chi connectivity index (χ3v) is 22.2. The van der Waals surface area contributed by atoms with Crippen molar-refractivity contribution in [3.63, 3.8) is 0 Å². The van der Waals surface area contributed by atoms with Crippen LogP contribution >= 0.6 is 7.26 Å². The van der Waals surface area contributed by atoms with E-state index in [2.05, 4.69) is 103 Å². The summed E-state index contributed by atoms with van der Waals surface area (Å²) < 4.78 is 38.3. The van der Waals surface area contributed by atoms with Gasteiger partial charge in [-0.25, -0.2) is 0 Å². The summed E-state index contributed by atoms with van der Waals surface area (Å²) in [6.07, 6.45) is -7.28. The fraction of sp³-hybridized carbons (Fsp3) is 0.683. The second-order valence-electron chi connectivity index (χ2n) is 24.6. The predicted octanol–water partition coefficient (Wildman–Crippen LogP) is 5.89. The van der Waals surface area contributed by atoms with Crippen LogP contribution in [0.4, 0.5) is 0 Å². The van der Waals surface area contributed by atoms with Gasteiger partial charge in [-0.05, 0) is 151 Å². The molecule has 18 atom stereocenters. The molecule has 3 heterocycles. The van der Waals surface area contributed by atoms with Crippen LogP contribution in [0.3, 0.4) is 0 Å². The van der Waals surface area contributed by atoms with Crippen LogP contribution in [0.1, 0.15) is 114 Å². The predicted molar refractivity (Wildman–Crippen MR) is 315 cm³/mol. The fourth-order valence-electron chi connectivity index (χ4n) is 13.0. The lowest BCUT2D eigenvalue weighted by Crippen LogP contribution is -2.60. The molecule has 16 nitrogen and oxygen atoms in total. The van der Waals surface area contributed by atoms with Crippen LogP contribution in [-0.2, 0) is 38.0 Å². The molecular weight excluding hydrogens is 1040 g/mol. The van der Waals surface area contributed by atoms with E-state index in [9.17, 15) is 35.1 Å². The number of methoxy groups -OCH3 is 1. The summed E-state index contributed by atoms with van der Waals surface area (Å²) in [6.45, 7) is 18.9. The number of nitrogens with zero attached hydrogens (tertiary/aromatic N) is 3. The molecule has 0 aromatic heterocycles. The molecule has 3 fully saturated rings. The quantitative estimate of drug-likeness (QED) is 0.0573. The van der Waals surface area contributed by atoms with E-state index in [1.165, 1.54) is 29.9 Å². The van der Waals surface area contributed by atoms with Crippen LogP contribution in [-0.4, -0.2) is 196 Å². The zero-order chi connectivity index (χ0) is 58.9. The highest BCUT2D eigenvalue weighted by Crippen LogP contribution is 2.55. The minimum atomic E-state index is -2.05. The molecule has 3 saturated heterocycles. The van der Waals surface area contributed by atoms with Gasteiger partial charge < -0.3 is 68.7 Å². The van der Waals surface area contributed by atoms with Crippen molar-refractivity contribution >= 4 is 35.1 Å². The maximum Gasteiger partial charge on any atom is 0.311 e. The van der Waals surface area contributed by atoms with Crippen molar-refractivity contribution < 1.29 is 63.5 Å². The van der Waals surface area contributed by atoms with Gasteiger partial charge in [-0.3, -0.25) is 9.59 Å². The second-order valence-corrected chi connectivity index (χ2v) is 28.2. The van der Waals surface area contributed by atoms with E-state index in [-0.39, 0.29) is 50.3 Å². The molecule has 3 aliphatic rings. The summed E-state index contributed by atoms with van der Waals surface area (Å²) in [5, 5.41) is 64.7. The van der Waals surface area contributed by atoms with Gasteiger partial charge in [-0.2, -0.15) is 0 Å². The Balaban J connectivity index is 1.28. The van der Waals surface area contributed by atoms with Gasteiger partial charge in [0.2, 0.25) is 5.91 Å². The van der Waals surface area contributed by atoms with Gasteiger partial charge in [0.05, 0.1) is 53.7 Å². The normalized spacial score (nSPS) is 36.3. The third-order valence-electron chi connectivity index (χ3n) is 17.8. The van der Waals surface area contributed by atoms with E-state index in [1.807, 2.05) is 32.8 Å². The first-order valence-corrected chi connectivity index (χ1v) is 31.2. The smallest absolute Gasteiger partial charge is 0.311 e. The van der Waals surface area contributed by atoms with Crippen molar-refractivity contribution in [3.8, 4) is 0 Å². The lowest BCUT2D eigenvalue weighted by Gasteiger charge is -2.48. The van der Waals surface area contributed by atoms with Crippen LogP contribution in [0.5, 0.6) is 0 Å². The molecule has 3 aliphatic heterocycles. The lowest BCUT2D eigenvalue weighted by molar-refractivity contribution is -0.318. The van der Waals surface area contributed by atoms with Gasteiger partial charge in [0.1, 0.15) is 53.2 Å². The topological polar surface area (TPSA) is 200 Å². The summed E-state index contributed by atoms with van der Waals surface area (Å²) in [4.78, 5) is 35.4. The zero-order valence-electron chi connectivity index (χ0n) is 50.4. The molecule has 3 aromatic carbocycles. The van der Waals surface area contributed by atoms with E-state index in [4.69, 9.17) is 28.4 Å². The van der Waals surface area contributed by atoms with Gasteiger partial charge in [0, 0.05) is 45.0 Å². The van der Waals surface area contributed by atoms with Gasteiger partial charge in [-0.15, -0.1) is 0 Å². The van der Waals surface area contributed by atoms with Crippen LogP contribution in [0.2, 0.25) is 0 Å². The Morgan fingerprint density at radius 2 is 1.34 bits per heavy atom. The van der Waals surface area contributed by atoms with Crippen molar-refractivity contribution in [3.05, 3.63) is 91.0 Å². The van der Waals surface area contributed by atoms with Crippen LogP contribution in [0, 0.1) is 17.8 Å².